The second kappa shape index (κ2) is 6.40. The Morgan fingerprint density at radius 1 is 1.35 bits per heavy atom. The van der Waals surface area contributed by atoms with Crippen molar-refractivity contribution in [2.45, 2.75) is 33.2 Å². The summed E-state index contributed by atoms with van der Waals surface area (Å²) in [6, 6.07) is 6.49. The summed E-state index contributed by atoms with van der Waals surface area (Å²) in [7, 11) is 0. The largest absolute Gasteiger partial charge is 0.332 e. The molecule has 3 aromatic rings. The van der Waals surface area contributed by atoms with Gasteiger partial charge in [0.25, 0.3) is 0 Å². The summed E-state index contributed by atoms with van der Waals surface area (Å²) in [6.45, 7) is 4.56. The van der Waals surface area contributed by atoms with Crippen molar-refractivity contribution < 1.29 is 9.18 Å². The molecule has 134 valence electrons. The van der Waals surface area contributed by atoms with Crippen LogP contribution in [0.15, 0.2) is 30.5 Å². The standard InChI is InChI=1S/C19H20FN5O/c1-11-17(15-5-3-4-6-16(15)20)18(24-23-11)22-19(26)13-7-8-25-12(2)21-10-14(25)9-13/h3-6,10,13H,7-9H2,1-2H3,(H2,22,23,24,26). The smallest absolute Gasteiger partial charge is 0.229 e. The lowest BCUT2D eigenvalue weighted by Crippen LogP contribution is -2.30. The Morgan fingerprint density at radius 3 is 2.96 bits per heavy atom. The quantitative estimate of drug-likeness (QED) is 0.759. The minimum absolute atomic E-state index is 0.0980. The van der Waals surface area contributed by atoms with Crippen LogP contribution in [-0.2, 0) is 17.8 Å². The predicted molar refractivity (Wildman–Crippen MR) is 96.1 cm³/mol. The van der Waals surface area contributed by atoms with E-state index in [1.807, 2.05) is 20.0 Å². The van der Waals surface area contributed by atoms with Gasteiger partial charge in [-0.2, -0.15) is 5.10 Å². The molecule has 0 saturated heterocycles. The third-order valence-corrected chi connectivity index (χ3v) is 5.00. The van der Waals surface area contributed by atoms with Crippen LogP contribution < -0.4 is 5.32 Å². The number of carbonyl (C=O) groups is 1. The molecule has 6 nitrogen and oxygen atoms in total. The van der Waals surface area contributed by atoms with Crippen LogP contribution in [0.4, 0.5) is 10.2 Å². The molecule has 1 amide bonds. The van der Waals surface area contributed by atoms with Gasteiger partial charge in [0, 0.05) is 47.6 Å². The molecular weight excluding hydrogens is 333 g/mol. The summed E-state index contributed by atoms with van der Waals surface area (Å²) in [6.07, 6.45) is 3.22. The zero-order valence-corrected chi connectivity index (χ0v) is 14.7. The summed E-state index contributed by atoms with van der Waals surface area (Å²) in [4.78, 5) is 17.1. The first kappa shape index (κ1) is 16.5. The Hall–Kier alpha value is -2.96. The lowest BCUT2D eigenvalue weighted by atomic mass is 9.95. The first-order valence-corrected chi connectivity index (χ1v) is 8.66. The highest BCUT2D eigenvalue weighted by molar-refractivity contribution is 5.96. The predicted octanol–water partition coefficient (Wildman–Crippen LogP) is 3.23. The number of rotatable bonds is 3. The molecule has 0 radical (unpaired) electrons. The molecule has 0 fully saturated rings. The van der Waals surface area contributed by atoms with Gasteiger partial charge < -0.3 is 9.88 Å². The molecule has 0 bridgehead atoms. The maximum absolute atomic E-state index is 14.2. The lowest BCUT2D eigenvalue weighted by Gasteiger charge is -2.23. The summed E-state index contributed by atoms with van der Waals surface area (Å²) < 4.78 is 16.4. The van der Waals surface area contributed by atoms with Crippen molar-refractivity contribution in [2.24, 2.45) is 5.92 Å². The molecule has 0 aliphatic carbocycles. The second-order valence-electron chi connectivity index (χ2n) is 6.68. The number of carbonyl (C=O) groups excluding carboxylic acids is 1. The van der Waals surface area contributed by atoms with Gasteiger partial charge in [-0.25, -0.2) is 9.37 Å². The average Bonchev–Trinajstić information content (AvgIpc) is 3.18. The van der Waals surface area contributed by atoms with E-state index in [4.69, 9.17) is 0 Å². The van der Waals surface area contributed by atoms with Crippen molar-refractivity contribution in [2.75, 3.05) is 5.32 Å². The van der Waals surface area contributed by atoms with Crippen LogP contribution in [0.5, 0.6) is 0 Å². The van der Waals surface area contributed by atoms with Gasteiger partial charge in [-0.15, -0.1) is 0 Å². The van der Waals surface area contributed by atoms with Gasteiger partial charge in [-0.3, -0.25) is 9.89 Å². The number of anilines is 1. The van der Waals surface area contributed by atoms with Crippen LogP contribution in [0.1, 0.15) is 23.6 Å². The minimum Gasteiger partial charge on any atom is -0.332 e. The number of nitrogens with zero attached hydrogens (tertiary/aromatic N) is 3. The summed E-state index contributed by atoms with van der Waals surface area (Å²) in [5.41, 5.74) is 2.80. The van der Waals surface area contributed by atoms with E-state index in [0.717, 1.165) is 24.5 Å². The number of benzene rings is 1. The van der Waals surface area contributed by atoms with Gasteiger partial charge in [-0.05, 0) is 26.3 Å². The van der Waals surface area contributed by atoms with Crippen LogP contribution in [-0.4, -0.2) is 25.7 Å². The second-order valence-corrected chi connectivity index (χ2v) is 6.68. The Labute approximate surface area is 150 Å². The maximum atomic E-state index is 14.2. The molecule has 1 aliphatic rings. The van der Waals surface area contributed by atoms with Crippen molar-refractivity contribution >= 4 is 11.7 Å². The van der Waals surface area contributed by atoms with E-state index in [1.165, 1.54) is 6.07 Å². The van der Waals surface area contributed by atoms with Gasteiger partial charge >= 0.3 is 0 Å². The molecule has 26 heavy (non-hydrogen) atoms. The zero-order chi connectivity index (χ0) is 18.3. The molecule has 1 aromatic carbocycles. The van der Waals surface area contributed by atoms with Gasteiger partial charge in [0.1, 0.15) is 11.6 Å². The van der Waals surface area contributed by atoms with Gasteiger partial charge in [0.2, 0.25) is 5.91 Å². The molecular formula is C19H20FN5O. The fraction of sp³-hybridized carbons (Fsp3) is 0.316. The van der Waals surface area contributed by atoms with E-state index in [0.29, 0.717) is 29.1 Å². The Kier molecular flexibility index (Phi) is 4.06. The Morgan fingerprint density at radius 2 is 2.15 bits per heavy atom. The molecule has 0 spiro atoms. The number of nitrogens with one attached hydrogen (secondary N) is 2. The summed E-state index contributed by atoms with van der Waals surface area (Å²) in [5.74, 6) is 0.754. The highest BCUT2D eigenvalue weighted by Gasteiger charge is 2.27. The first-order chi connectivity index (χ1) is 12.5. The van der Waals surface area contributed by atoms with Crippen LogP contribution in [0.2, 0.25) is 0 Å². The molecule has 1 unspecified atom stereocenters. The molecule has 3 heterocycles. The van der Waals surface area contributed by atoms with Crippen molar-refractivity contribution in [1.29, 1.82) is 0 Å². The Bertz CT molecular complexity index is 974. The van der Waals surface area contributed by atoms with Crippen molar-refractivity contribution in [1.82, 2.24) is 19.7 Å². The average molecular weight is 353 g/mol. The third-order valence-electron chi connectivity index (χ3n) is 5.00. The number of hydrogen-bond donors (Lipinski definition) is 2. The molecule has 1 atom stereocenters. The number of hydrogen-bond acceptors (Lipinski definition) is 3. The van der Waals surface area contributed by atoms with E-state index < -0.39 is 0 Å². The van der Waals surface area contributed by atoms with Crippen LogP contribution in [0.3, 0.4) is 0 Å². The minimum atomic E-state index is -0.343. The van der Waals surface area contributed by atoms with E-state index in [2.05, 4.69) is 25.1 Å². The molecule has 4 rings (SSSR count). The molecule has 2 N–H and O–H groups in total. The third kappa shape index (κ3) is 2.79. The van der Waals surface area contributed by atoms with E-state index in [9.17, 15) is 9.18 Å². The zero-order valence-electron chi connectivity index (χ0n) is 14.7. The fourth-order valence-corrected chi connectivity index (χ4v) is 3.58. The number of amides is 1. The SMILES string of the molecule is Cc1[nH]nc(NC(=O)C2CCn3c(cnc3C)C2)c1-c1ccccc1F. The monoisotopic (exact) mass is 353 g/mol. The number of aryl methyl sites for hydroxylation is 2. The van der Waals surface area contributed by atoms with E-state index >= 15 is 0 Å². The van der Waals surface area contributed by atoms with Gasteiger partial charge in [0.15, 0.2) is 5.82 Å². The molecule has 0 saturated carbocycles. The number of aromatic amines is 1. The van der Waals surface area contributed by atoms with Crippen LogP contribution >= 0.6 is 0 Å². The summed E-state index contributed by atoms with van der Waals surface area (Å²) >= 11 is 0. The Balaban J connectivity index is 1.57. The van der Waals surface area contributed by atoms with Crippen LogP contribution in [0.25, 0.3) is 11.1 Å². The number of aromatic nitrogens is 4. The number of imidazole rings is 1. The number of H-pyrrole nitrogens is 1. The molecule has 1 aliphatic heterocycles. The number of halogens is 1. The van der Waals surface area contributed by atoms with E-state index in [-0.39, 0.29) is 17.6 Å². The highest BCUT2D eigenvalue weighted by atomic mass is 19.1. The van der Waals surface area contributed by atoms with Crippen LogP contribution in [0, 0.1) is 25.6 Å². The van der Waals surface area contributed by atoms with Crippen molar-refractivity contribution in [3.05, 3.63) is 53.5 Å². The highest BCUT2D eigenvalue weighted by Crippen LogP contribution is 2.32. The number of fused-ring (bicyclic) bond motifs is 1. The normalized spacial score (nSPS) is 16.3. The lowest BCUT2D eigenvalue weighted by molar-refractivity contribution is -0.120. The van der Waals surface area contributed by atoms with Gasteiger partial charge in [0.05, 0.1) is 0 Å². The fourth-order valence-electron chi connectivity index (χ4n) is 3.58. The first-order valence-electron chi connectivity index (χ1n) is 8.66. The van der Waals surface area contributed by atoms with E-state index in [1.54, 1.807) is 18.2 Å². The van der Waals surface area contributed by atoms with Gasteiger partial charge in [-0.1, -0.05) is 18.2 Å². The molecule has 7 heteroatoms. The van der Waals surface area contributed by atoms with Crippen molar-refractivity contribution in [3.8, 4) is 11.1 Å². The van der Waals surface area contributed by atoms with Crippen molar-refractivity contribution in [3.63, 3.8) is 0 Å². The topological polar surface area (TPSA) is 75.6 Å². The molecule has 2 aromatic heterocycles. The summed E-state index contributed by atoms with van der Waals surface area (Å²) in [5, 5.41) is 9.91. The maximum Gasteiger partial charge on any atom is 0.229 e.